The van der Waals surface area contributed by atoms with E-state index in [0.29, 0.717) is 39.0 Å². The van der Waals surface area contributed by atoms with Crippen LogP contribution < -0.4 is 0 Å². The summed E-state index contributed by atoms with van der Waals surface area (Å²) in [6.45, 7) is 1.87. The summed E-state index contributed by atoms with van der Waals surface area (Å²) < 4.78 is 0. The highest BCUT2D eigenvalue weighted by Crippen LogP contribution is 2.21. The molecule has 2 aromatic heterocycles. The van der Waals surface area contributed by atoms with Gasteiger partial charge < -0.3 is 14.7 Å². The van der Waals surface area contributed by atoms with Gasteiger partial charge in [-0.3, -0.25) is 19.4 Å². The first kappa shape index (κ1) is 18.6. The molecule has 8 heteroatoms. The van der Waals surface area contributed by atoms with Crippen LogP contribution in [0.5, 0.6) is 0 Å². The molecule has 2 aromatic rings. The van der Waals surface area contributed by atoms with E-state index in [0.717, 1.165) is 10.4 Å². The number of piperazine rings is 1. The van der Waals surface area contributed by atoms with E-state index >= 15 is 0 Å². The maximum absolute atomic E-state index is 13.0. The van der Waals surface area contributed by atoms with Gasteiger partial charge in [0, 0.05) is 43.4 Å². The number of nitrogens with zero attached hydrogens (tertiary/aromatic N) is 4. The zero-order chi connectivity index (χ0) is 19.5. The zero-order valence-corrected chi connectivity index (χ0v) is 16.3. The molecule has 4 rings (SSSR count). The van der Waals surface area contributed by atoms with Crippen LogP contribution in [0.25, 0.3) is 0 Å². The van der Waals surface area contributed by atoms with Crippen molar-refractivity contribution in [2.75, 3.05) is 26.2 Å². The molecule has 4 heterocycles. The Labute approximate surface area is 167 Å². The van der Waals surface area contributed by atoms with Crippen LogP contribution in [-0.4, -0.2) is 69.6 Å². The molecule has 28 heavy (non-hydrogen) atoms. The fourth-order valence-electron chi connectivity index (χ4n) is 3.79. The molecule has 0 aliphatic carbocycles. The van der Waals surface area contributed by atoms with Crippen LogP contribution in [0, 0.1) is 0 Å². The highest BCUT2D eigenvalue weighted by atomic mass is 32.1. The molecule has 2 aliphatic rings. The Kier molecular flexibility index (Phi) is 5.38. The van der Waals surface area contributed by atoms with Gasteiger partial charge in [-0.15, -0.1) is 11.3 Å². The van der Waals surface area contributed by atoms with Gasteiger partial charge in [0.05, 0.1) is 6.42 Å². The van der Waals surface area contributed by atoms with Crippen molar-refractivity contribution in [3.8, 4) is 0 Å². The Hall–Kier alpha value is -2.74. The van der Waals surface area contributed by atoms with Crippen molar-refractivity contribution in [2.45, 2.75) is 25.4 Å². The van der Waals surface area contributed by atoms with Crippen LogP contribution in [0.4, 0.5) is 0 Å². The first-order valence-electron chi connectivity index (χ1n) is 9.39. The summed E-state index contributed by atoms with van der Waals surface area (Å²) in [6.07, 6.45) is 4.22. The second kappa shape index (κ2) is 8.10. The number of amides is 3. The quantitative estimate of drug-likeness (QED) is 0.775. The number of aromatic nitrogens is 1. The molecule has 2 saturated heterocycles. The minimum atomic E-state index is -0.484. The largest absolute Gasteiger partial charge is 0.341 e. The Bertz CT molecular complexity index is 856. The molecular formula is C20H22N4O3S. The average molecular weight is 398 g/mol. The third-order valence-electron chi connectivity index (χ3n) is 5.28. The molecule has 0 radical (unpaired) electrons. The summed E-state index contributed by atoms with van der Waals surface area (Å²) in [5.41, 5.74) is 0.950. The minimum absolute atomic E-state index is 0.0380. The smallest absolute Gasteiger partial charge is 0.246 e. The topological polar surface area (TPSA) is 73.8 Å². The lowest BCUT2D eigenvalue weighted by Crippen LogP contribution is -2.59. The van der Waals surface area contributed by atoms with Crippen molar-refractivity contribution in [1.29, 1.82) is 0 Å². The summed E-state index contributed by atoms with van der Waals surface area (Å²) in [7, 11) is 0. The number of rotatable bonds is 4. The number of carbonyl (C=O) groups excluding carboxylic acids is 3. The second-order valence-electron chi connectivity index (χ2n) is 7.08. The number of hydrogen-bond acceptors (Lipinski definition) is 5. The van der Waals surface area contributed by atoms with Gasteiger partial charge in [0.25, 0.3) is 0 Å². The molecule has 1 unspecified atom stereocenters. The summed E-state index contributed by atoms with van der Waals surface area (Å²) in [5, 5.41) is 1.96. The molecule has 1 atom stereocenters. The predicted molar refractivity (Wildman–Crippen MR) is 104 cm³/mol. The summed E-state index contributed by atoms with van der Waals surface area (Å²) >= 11 is 1.57. The van der Waals surface area contributed by atoms with Crippen LogP contribution in [0.3, 0.4) is 0 Å². The van der Waals surface area contributed by atoms with E-state index in [-0.39, 0.29) is 24.3 Å². The van der Waals surface area contributed by atoms with Crippen LogP contribution in [-0.2, 0) is 27.3 Å². The van der Waals surface area contributed by atoms with Gasteiger partial charge in [-0.05, 0) is 35.6 Å². The fraction of sp³-hybridized carbons (Fsp3) is 0.400. The lowest BCUT2D eigenvalue weighted by molar-refractivity contribution is -0.156. The van der Waals surface area contributed by atoms with Gasteiger partial charge in [0.2, 0.25) is 17.7 Å². The summed E-state index contributed by atoms with van der Waals surface area (Å²) in [4.78, 5) is 48.4. The zero-order valence-electron chi connectivity index (χ0n) is 15.5. The SMILES string of the molecule is O=C(Cc1cccs1)N1CCC2C(=O)N(Cc3ccncc3)CC(=O)N2CC1. The number of pyridine rings is 1. The standard InChI is InChI=1S/C20H22N4O3S/c25-18(12-16-2-1-11-28-16)22-8-5-17-20(27)23(13-15-3-6-21-7-4-15)14-19(26)24(17)10-9-22/h1-4,6-7,11,17H,5,8-10,12-14H2. The van der Waals surface area contributed by atoms with Gasteiger partial charge in [-0.2, -0.15) is 0 Å². The molecule has 0 N–H and O–H groups in total. The van der Waals surface area contributed by atoms with Gasteiger partial charge in [-0.1, -0.05) is 6.07 Å². The van der Waals surface area contributed by atoms with E-state index in [1.807, 2.05) is 29.6 Å². The Morgan fingerprint density at radius 2 is 1.96 bits per heavy atom. The number of thiophene rings is 1. The maximum atomic E-state index is 13.0. The van der Waals surface area contributed by atoms with Crippen molar-refractivity contribution in [1.82, 2.24) is 19.7 Å². The minimum Gasteiger partial charge on any atom is -0.341 e. The molecule has 2 aliphatic heterocycles. The summed E-state index contributed by atoms with van der Waals surface area (Å²) in [5.74, 6) is -0.0361. The van der Waals surface area contributed by atoms with Gasteiger partial charge >= 0.3 is 0 Å². The highest BCUT2D eigenvalue weighted by Gasteiger charge is 2.41. The van der Waals surface area contributed by atoms with Crippen molar-refractivity contribution in [2.24, 2.45) is 0 Å². The van der Waals surface area contributed by atoms with Gasteiger partial charge in [-0.25, -0.2) is 0 Å². The molecule has 146 valence electrons. The monoisotopic (exact) mass is 398 g/mol. The highest BCUT2D eigenvalue weighted by molar-refractivity contribution is 7.10. The van der Waals surface area contributed by atoms with E-state index in [4.69, 9.17) is 0 Å². The number of hydrogen-bond donors (Lipinski definition) is 0. The average Bonchev–Trinajstić information content (AvgIpc) is 3.09. The second-order valence-corrected chi connectivity index (χ2v) is 8.11. The van der Waals surface area contributed by atoms with E-state index in [9.17, 15) is 14.4 Å². The summed E-state index contributed by atoms with van der Waals surface area (Å²) in [6, 6.07) is 7.10. The molecule has 0 aromatic carbocycles. The number of fused-ring (bicyclic) bond motifs is 1. The first-order valence-corrected chi connectivity index (χ1v) is 10.3. The maximum Gasteiger partial charge on any atom is 0.246 e. The van der Waals surface area contributed by atoms with Crippen molar-refractivity contribution in [3.05, 3.63) is 52.5 Å². The molecule has 0 spiro atoms. The molecular weight excluding hydrogens is 376 g/mol. The third-order valence-corrected chi connectivity index (χ3v) is 6.16. The normalized spacial score (nSPS) is 20.1. The molecule has 3 amide bonds. The van der Waals surface area contributed by atoms with Crippen LogP contribution in [0.2, 0.25) is 0 Å². The van der Waals surface area contributed by atoms with Gasteiger partial charge in [0.1, 0.15) is 12.6 Å². The van der Waals surface area contributed by atoms with E-state index in [2.05, 4.69) is 4.98 Å². The van der Waals surface area contributed by atoms with Crippen LogP contribution >= 0.6 is 11.3 Å². The molecule has 0 bridgehead atoms. The van der Waals surface area contributed by atoms with Crippen LogP contribution in [0.1, 0.15) is 16.9 Å². The van der Waals surface area contributed by atoms with Crippen molar-refractivity contribution >= 4 is 29.1 Å². The molecule has 7 nitrogen and oxygen atoms in total. The lowest BCUT2D eigenvalue weighted by atomic mass is 10.1. The lowest BCUT2D eigenvalue weighted by Gasteiger charge is -2.39. The van der Waals surface area contributed by atoms with Crippen molar-refractivity contribution < 1.29 is 14.4 Å². The molecule has 0 saturated carbocycles. The Morgan fingerprint density at radius 3 is 2.71 bits per heavy atom. The third kappa shape index (κ3) is 3.91. The Balaban J connectivity index is 1.43. The van der Waals surface area contributed by atoms with Crippen LogP contribution in [0.15, 0.2) is 42.0 Å². The predicted octanol–water partition coefficient (Wildman–Crippen LogP) is 1.16. The number of carbonyl (C=O) groups is 3. The Morgan fingerprint density at radius 1 is 1.14 bits per heavy atom. The van der Waals surface area contributed by atoms with Gasteiger partial charge in [0.15, 0.2) is 0 Å². The molecule has 2 fully saturated rings. The first-order chi connectivity index (χ1) is 13.6. The van der Waals surface area contributed by atoms with E-state index in [1.165, 1.54) is 0 Å². The van der Waals surface area contributed by atoms with Crippen molar-refractivity contribution in [3.63, 3.8) is 0 Å². The van der Waals surface area contributed by atoms with E-state index < -0.39 is 6.04 Å². The van der Waals surface area contributed by atoms with E-state index in [1.54, 1.807) is 38.4 Å². The fourth-order valence-corrected chi connectivity index (χ4v) is 4.49.